The Hall–Kier alpha value is -2.40. The average molecular weight is 305 g/mol. The first-order chi connectivity index (χ1) is 10.1. The minimum Gasteiger partial charge on any atom is -0.351 e. The molecule has 1 N–H and O–H groups in total. The van der Waals surface area contributed by atoms with Crippen LogP contribution in [0, 0.1) is 10.1 Å². The maximum absolute atomic E-state index is 12.0. The molecule has 5 nitrogen and oxygen atoms in total. The van der Waals surface area contributed by atoms with E-state index >= 15 is 0 Å². The molecule has 0 unspecified atom stereocenters. The average Bonchev–Trinajstić information content (AvgIpc) is 2.49. The fraction of sp³-hybridized carbons (Fsp3) is 0.133. The maximum atomic E-state index is 12.0. The molecule has 2 aromatic carbocycles. The third-order valence-corrected chi connectivity index (χ3v) is 3.21. The maximum Gasteiger partial charge on any atom is 0.282 e. The van der Waals surface area contributed by atoms with E-state index in [2.05, 4.69) is 5.32 Å². The van der Waals surface area contributed by atoms with Crippen LogP contribution in [0.2, 0.25) is 5.02 Å². The fourth-order valence-electron chi connectivity index (χ4n) is 1.89. The van der Waals surface area contributed by atoms with Gasteiger partial charge in [0.15, 0.2) is 0 Å². The first-order valence-corrected chi connectivity index (χ1v) is 6.72. The topological polar surface area (TPSA) is 72.2 Å². The van der Waals surface area contributed by atoms with E-state index in [0.717, 1.165) is 5.56 Å². The summed E-state index contributed by atoms with van der Waals surface area (Å²) in [4.78, 5) is 22.3. The van der Waals surface area contributed by atoms with Crippen molar-refractivity contribution in [1.82, 2.24) is 5.32 Å². The number of benzene rings is 2. The second kappa shape index (κ2) is 6.85. The van der Waals surface area contributed by atoms with Crippen LogP contribution in [0.3, 0.4) is 0 Å². The van der Waals surface area contributed by atoms with Crippen LogP contribution in [-0.2, 0) is 6.42 Å². The summed E-state index contributed by atoms with van der Waals surface area (Å²) in [5.74, 6) is -0.448. The van der Waals surface area contributed by atoms with Gasteiger partial charge in [-0.2, -0.15) is 0 Å². The number of amides is 1. The normalized spacial score (nSPS) is 10.1. The molecule has 0 fully saturated rings. The lowest BCUT2D eigenvalue weighted by molar-refractivity contribution is -0.385. The zero-order valence-electron chi connectivity index (χ0n) is 11.1. The standard InChI is InChI=1S/C15H13ClN2O3/c16-12-7-5-11(6-8-12)9-10-17-15(19)13-3-1-2-4-14(13)18(20)21/h1-8H,9-10H2,(H,17,19). The Morgan fingerprint density at radius 2 is 1.81 bits per heavy atom. The molecule has 0 radical (unpaired) electrons. The van der Waals surface area contributed by atoms with Gasteiger partial charge in [0.25, 0.3) is 11.6 Å². The zero-order valence-corrected chi connectivity index (χ0v) is 11.8. The molecule has 1 amide bonds. The minimum atomic E-state index is -0.561. The van der Waals surface area contributed by atoms with Crippen molar-refractivity contribution in [2.75, 3.05) is 6.54 Å². The highest BCUT2D eigenvalue weighted by Gasteiger charge is 2.18. The molecule has 2 rings (SSSR count). The molecule has 2 aromatic rings. The second-order valence-corrected chi connectivity index (χ2v) is 4.84. The van der Waals surface area contributed by atoms with Crippen molar-refractivity contribution < 1.29 is 9.72 Å². The highest BCUT2D eigenvalue weighted by atomic mass is 35.5. The Morgan fingerprint density at radius 3 is 2.48 bits per heavy atom. The van der Waals surface area contributed by atoms with Crippen LogP contribution in [-0.4, -0.2) is 17.4 Å². The van der Waals surface area contributed by atoms with Crippen LogP contribution >= 0.6 is 11.6 Å². The summed E-state index contributed by atoms with van der Waals surface area (Å²) in [7, 11) is 0. The van der Waals surface area contributed by atoms with Gasteiger partial charge in [-0.15, -0.1) is 0 Å². The molecule has 0 aliphatic rings. The van der Waals surface area contributed by atoms with Crippen LogP contribution in [0.1, 0.15) is 15.9 Å². The van der Waals surface area contributed by atoms with Gasteiger partial charge in [-0.05, 0) is 30.2 Å². The van der Waals surface area contributed by atoms with E-state index in [0.29, 0.717) is 18.0 Å². The van der Waals surface area contributed by atoms with E-state index in [9.17, 15) is 14.9 Å². The Kier molecular flexibility index (Phi) is 4.90. The van der Waals surface area contributed by atoms with Crippen molar-refractivity contribution >= 4 is 23.2 Å². The summed E-state index contributed by atoms with van der Waals surface area (Å²) in [5.41, 5.74) is 0.905. The Labute approximate surface area is 126 Å². The molecule has 0 aliphatic carbocycles. The number of hydrogen-bond acceptors (Lipinski definition) is 3. The molecule has 108 valence electrons. The van der Waals surface area contributed by atoms with Crippen LogP contribution in [0.25, 0.3) is 0 Å². The molecule has 0 aliphatic heterocycles. The van der Waals surface area contributed by atoms with Gasteiger partial charge in [0.2, 0.25) is 0 Å². The SMILES string of the molecule is O=C(NCCc1ccc(Cl)cc1)c1ccccc1[N+](=O)[O-]. The molecular formula is C15H13ClN2O3. The summed E-state index contributed by atoms with van der Waals surface area (Å²) < 4.78 is 0. The van der Waals surface area contributed by atoms with Gasteiger partial charge in [-0.25, -0.2) is 0 Å². The molecule has 0 saturated carbocycles. The van der Waals surface area contributed by atoms with E-state index in [1.807, 2.05) is 12.1 Å². The largest absolute Gasteiger partial charge is 0.351 e. The number of para-hydroxylation sites is 1. The Morgan fingerprint density at radius 1 is 1.14 bits per heavy atom. The summed E-state index contributed by atoms with van der Waals surface area (Å²) in [6.45, 7) is 0.395. The van der Waals surface area contributed by atoms with E-state index in [1.165, 1.54) is 18.2 Å². The van der Waals surface area contributed by atoms with Crippen LogP contribution in [0.4, 0.5) is 5.69 Å². The Balaban J connectivity index is 1.96. The molecule has 0 heterocycles. The highest BCUT2D eigenvalue weighted by Crippen LogP contribution is 2.17. The molecule has 6 heteroatoms. The van der Waals surface area contributed by atoms with Crippen molar-refractivity contribution in [2.45, 2.75) is 6.42 Å². The second-order valence-electron chi connectivity index (χ2n) is 4.41. The zero-order chi connectivity index (χ0) is 15.2. The van der Waals surface area contributed by atoms with Crippen molar-refractivity contribution in [1.29, 1.82) is 0 Å². The van der Waals surface area contributed by atoms with Crippen molar-refractivity contribution in [2.24, 2.45) is 0 Å². The van der Waals surface area contributed by atoms with E-state index < -0.39 is 10.8 Å². The highest BCUT2D eigenvalue weighted by molar-refractivity contribution is 6.30. The molecule has 0 saturated heterocycles. The van der Waals surface area contributed by atoms with Gasteiger partial charge in [-0.1, -0.05) is 35.9 Å². The number of nitro benzene ring substituents is 1. The lowest BCUT2D eigenvalue weighted by Crippen LogP contribution is -2.26. The predicted octanol–water partition coefficient (Wildman–Crippen LogP) is 3.22. The number of rotatable bonds is 5. The summed E-state index contributed by atoms with van der Waals surface area (Å²) in [6.07, 6.45) is 0.629. The van der Waals surface area contributed by atoms with Crippen LogP contribution in [0.5, 0.6) is 0 Å². The van der Waals surface area contributed by atoms with Gasteiger partial charge in [0.05, 0.1) is 4.92 Å². The number of nitro groups is 1. The Bertz CT molecular complexity index is 656. The number of nitrogens with one attached hydrogen (secondary N) is 1. The summed E-state index contributed by atoms with van der Waals surface area (Å²) in [6, 6.07) is 13.2. The monoisotopic (exact) mass is 304 g/mol. The fourth-order valence-corrected chi connectivity index (χ4v) is 2.02. The molecule has 0 atom stereocenters. The number of halogens is 1. The number of carbonyl (C=O) groups is 1. The third kappa shape index (κ3) is 4.03. The van der Waals surface area contributed by atoms with Gasteiger partial charge in [0, 0.05) is 17.6 Å². The van der Waals surface area contributed by atoms with Gasteiger partial charge >= 0.3 is 0 Å². The van der Waals surface area contributed by atoms with Gasteiger partial charge in [-0.3, -0.25) is 14.9 Å². The minimum absolute atomic E-state index is 0.0682. The van der Waals surface area contributed by atoms with Crippen LogP contribution in [0.15, 0.2) is 48.5 Å². The van der Waals surface area contributed by atoms with Gasteiger partial charge < -0.3 is 5.32 Å². The number of nitrogens with zero attached hydrogens (tertiary/aromatic N) is 1. The molecule has 0 aromatic heterocycles. The first kappa shape index (κ1) is 15.0. The van der Waals surface area contributed by atoms with E-state index in [-0.39, 0.29) is 11.3 Å². The smallest absolute Gasteiger partial charge is 0.282 e. The first-order valence-electron chi connectivity index (χ1n) is 6.34. The van der Waals surface area contributed by atoms with E-state index in [4.69, 9.17) is 11.6 Å². The summed E-state index contributed by atoms with van der Waals surface area (Å²) >= 11 is 5.79. The third-order valence-electron chi connectivity index (χ3n) is 2.96. The van der Waals surface area contributed by atoms with Crippen molar-refractivity contribution in [3.63, 3.8) is 0 Å². The lowest BCUT2D eigenvalue weighted by Gasteiger charge is -2.06. The lowest BCUT2D eigenvalue weighted by atomic mass is 10.1. The van der Waals surface area contributed by atoms with Crippen molar-refractivity contribution in [3.05, 3.63) is 74.8 Å². The summed E-state index contributed by atoms with van der Waals surface area (Å²) in [5, 5.41) is 14.2. The quantitative estimate of drug-likeness (QED) is 0.681. The van der Waals surface area contributed by atoms with Crippen molar-refractivity contribution in [3.8, 4) is 0 Å². The number of carbonyl (C=O) groups excluding carboxylic acids is 1. The number of hydrogen-bond donors (Lipinski definition) is 1. The van der Waals surface area contributed by atoms with Crippen LogP contribution < -0.4 is 5.32 Å². The molecule has 0 spiro atoms. The van der Waals surface area contributed by atoms with E-state index in [1.54, 1.807) is 18.2 Å². The molecule has 0 bridgehead atoms. The molecule has 21 heavy (non-hydrogen) atoms. The van der Waals surface area contributed by atoms with Gasteiger partial charge in [0.1, 0.15) is 5.56 Å². The predicted molar refractivity (Wildman–Crippen MR) is 80.6 cm³/mol. The molecular weight excluding hydrogens is 292 g/mol.